The zero-order valence-corrected chi connectivity index (χ0v) is 52.0. The molecule has 1 rings (SSSR count). The molecule has 22 heteroatoms. The van der Waals surface area contributed by atoms with Crippen LogP contribution in [-0.2, 0) is 89.8 Å². The summed E-state index contributed by atoms with van der Waals surface area (Å²) in [5, 5.41) is 3.25. The summed E-state index contributed by atoms with van der Waals surface area (Å²) in [4.78, 5) is 88.4. The fourth-order valence-electron chi connectivity index (χ4n) is 9.84. The maximum absolute atomic E-state index is 13.9. The normalized spacial score (nSPS) is 17.5. The highest BCUT2D eigenvalue weighted by atomic mass is 28.4. The van der Waals surface area contributed by atoms with Crippen molar-refractivity contribution in [1.82, 2.24) is 5.32 Å². The minimum Gasteiger partial charge on any atom is -0.465 e. The number of hydrogen-bond acceptors (Lipinski definition) is 20. The molecule has 5 atom stereocenters. The number of rotatable bonds is 44. The summed E-state index contributed by atoms with van der Waals surface area (Å²) in [6.07, 6.45) is 7.90. The van der Waals surface area contributed by atoms with E-state index in [9.17, 15) is 33.6 Å². The van der Waals surface area contributed by atoms with E-state index in [1.165, 1.54) is 6.04 Å². The average molecular weight is 1170 g/mol. The van der Waals surface area contributed by atoms with Crippen molar-refractivity contribution in [3.8, 4) is 0 Å². The number of hydrogen-bond donors (Lipinski definition) is 1. The van der Waals surface area contributed by atoms with Crippen LogP contribution in [0.3, 0.4) is 0 Å². The van der Waals surface area contributed by atoms with E-state index in [0.29, 0.717) is 39.2 Å². The molecule has 0 aromatic rings. The van der Waals surface area contributed by atoms with Gasteiger partial charge in [-0.2, -0.15) is 0 Å². The Labute approximate surface area is 478 Å². The van der Waals surface area contributed by atoms with Crippen molar-refractivity contribution < 1.29 is 89.8 Å². The smallest absolute Gasteiger partial charge is 0.330 e. The Morgan fingerprint density at radius 3 is 1.45 bits per heavy atom. The molecule has 1 aliphatic carbocycles. The van der Waals surface area contributed by atoms with Gasteiger partial charge in [-0.05, 0) is 108 Å². The van der Waals surface area contributed by atoms with Gasteiger partial charge in [0.15, 0.2) is 16.6 Å². The third kappa shape index (κ3) is 32.0. The number of nitrogens with one attached hydrogen (secondary N) is 1. The molecule has 1 aliphatic rings. The third-order valence-electron chi connectivity index (χ3n) is 13.0. The van der Waals surface area contributed by atoms with Crippen LogP contribution in [0.2, 0.25) is 38.3 Å². The molecule has 0 saturated heterocycles. The number of carbonyl (C=O) groups excluding carboxylic acids is 7. The average Bonchev–Trinajstić information content (AvgIpc) is 3.38. The third-order valence-corrected chi connectivity index (χ3v) is 20.7. The molecule has 0 spiro atoms. The van der Waals surface area contributed by atoms with E-state index in [4.69, 9.17) is 56.2 Å². The largest absolute Gasteiger partial charge is 0.465 e. The summed E-state index contributed by atoms with van der Waals surface area (Å²) in [6, 6.07) is 2.24. The molecule has 1 N–H and O–H groups in total. The Bertz CT molecular complexity index is 1940. The van der Waals surface area contributed by atoms with Crippen molar-refractivity contribution in [1.29, 1.82) is 0 Å². The molecule has 5 unspecified atom stereocenters. The van der Waals surface area contributed by atoms with Gasteiger partial charge in [-0.25, -0.2) is 24.0 Å². The molecule has 0 bridgehead atoms. The quantitative estimate of drug-likeness (QED) is 0.0200. The first-order valence-electron chi connectivity index (χ1n) is 27.5. The molecule has 0 radical (unpaired) electrons. The summed E-state index contributed by atoms with van der Waals surface area (Å²) in [7, 11) is -3.35. The van der Waals surface area contributed by atoms with E-state index in [2.05, 4.69) is 85.2 Å². The molecule has 0 aliphatic heterocycles. The van der Waals surface area contributed by atoms with Crippen LogP contribution in [0.25, 0.3) is 0 Å². The number of ether oxygens (including phenoxy) is 11. The lowest BCUT2D eigenvalue weighted by molar-refractivity contribution is -0.171. The predicted octanol–water partition coefficient (Wildman–Crippen LogP) is 7.96. The maximum atomic E-state index is 13.9. The van der Waals surface area contributed by atoms with Crippen LogP contribution in [0, 0.1) is 27.6 Å². The highest BCUT2D eigenvalue weighted by Gasteiger charge is 2.44. The summed E-state index contributed by atoms with van der Waals surface area (Å²) < 4.78 is 69.0. The van der Waals surface area contributed by atoms with E-state index in [1.54, 1.807) is 6.92 Å². The Hall–Kier alpha value is -4.82. The van der Waals surface area contributed by atoms with E-state index < -0.39 is 134 Å². The highest BCUT2D eigenvalue weighted by molar-refractivity contribution is 6.84. The second kappa shape index (κ2) is 36.6. The van der Waals surface area contributed by atoms with E-state index in [-0.39, 0.29) is 43.1 Å². The lowest BCUT2D eigenvalue weighted by atomic mass is 9.59. The first-order valence-corrected chi connectivity index (χ1v) is 33.8. The van der Waals surface area contributed by atoms with Crippen molar-refractivity contribution in [2.24, 2.45) is 27.6 Å². The van der Waals surface area contributed by atoms with Gasteiger partial charge in [0, 0.05) is 37.0 Å². The van der Waals surface area contributed by atoms with E-state index >= 15 is 0 Å². The maximum Gasteiger partial charge on any atom is 0.330 e. The van der Waals surface area contributed by atoms with Crippen LogP contribution >= 0.6 is 0 Å². The van der Waals surface area contributed by atoms with Gasteiger partial charge < -0.3 is 61.5 Å². The minimum absolute atomic E-state index is 0.0192. The summed E-state index contributed by atoms with van der Waals surface area (Å²) >= 11 is 0. The van der Waals surface area contributed by atoms with Crippen molar-refractivity contribution in [3.63, 3.8) is 0 Å². The molecule has 0 amide bonds. The molecular weight excluding hydrogens is 1070 g/mol. The summed E-state index contributed by atoms with van der Waals surface area (Å²) in [6.45, 7) is 38.5. The zero-order valence-electron chi connectivity index (χ0n) is 50.0. The van der Waals surface area contributed by atoms with Crippen molar-refractivity contribution in [3.05, 3.63) is 63.3 Å². The van der Waals surface area contributed by atoms with Gasteiger partial charge in [0.2, 0.25) is 0 Å². The standard InChI is InChI=1S/C58H97NO19Si2/c1-17-25-79(13,14)78-80(15,16)26-23-24-67-32-44(7)69-33-45(8)70-34-46(9)77-54(66)31-59-30-47-27-55(10,11)35-56(12,28-47)29-53(65)76-43-58(41-74-51(63)21-5,42-75-52(64)22-6)37-68-36-57(38-71-48(60)18-2,39-72-49(61)19-3)40-73-50(62)20-4/h18-22,44-47,59H,2-6,17,23-43H2,1,7-16H3. The van der Waals surface area contributed by atoms with Gasteiger partial charge in [-0.15, -0.1) is 0 Å². The second-order valence-corrected chi connectivity index (χ2v) is 32.4. The van der Waals surface area contributed by atoms with Crippen LogP contribution in [0.5, 0.6) is 0 Å². The van der Waals surface area contributed by atoms with Gasteiger partial charge in [0.1, 0.15) is 45.7 Å². The molecule has 0 aromatic carbocycles. The molecule has 80 heavy (non-hydrogen) atoms. The second-order valence-electron chi connectivity index (χ2n) is 23.6. The molecule has 0 heterocycles. The van der Waals surface area contributed by atoms with Crippen LogP contribution in [-0.4, -0.2) is 169 Å². The Morgan fingerprint density at radius 2 is 1.00 bits per heavy atom. The SMILES string of the molecule is C=CC(=O)OCC(COCC(COC(=O)C=C)(COC(=O)C=C)COC(=O)CC1(C)CC(CNCC(=O)OC(C)COC(C)COC(C)COCCC[Si](C)(C)O[Si](C)(C)CCC)CC(C)(C)C1)(COC(=O)C=C)COC(=O)C=C. The number of esters is 7. The Balaban J connectivity index is 2.96. The summed E-state index contributed by atoms with van der Waals surface area (Å²) in [5.41, 5.74) is -3.88. The molecular formula is C58H97NO19Si2. The highest BCUT2D eigenvalue weighted by Crippen LogP contribution is 2.50. The van der Waals surface area contributed by atoms with Gasteiger partial charge in [0.25, 0.3) is 0 Å². The molecule has 1 fully saturated rings. The van der Waals surface area contributed by atoms with Crippen molar-refractivity contribution in [2.45, 2.75) is 144 Å². The number of carbonyl (C=O) groups is 7. The first kappa shape index (κ1) is 73.2. The fourth-order valence-corrected chi connectivity index (χ4v) is 18.8. The van der Waals surface area contributed by atoms with E-state index in [0.717, 1.165) is 55.7 Å². The Kier molecular flexibility index (Phi) is 33.5. The minimum atomic E-state index is -1.73. The topological polar surface area (TPSA) is 242 Å². The fraction of sp³-hybridized carbons (Fsp3) is 0.707. The lowest BCUT2D eigenvalue weighted by Crippen LogP contribution is -2.47. The molecule has 20 nitrogen and oxygen atoms in total. The first-order chi connectivity index (χ1) is 37.4. The molecule has 0 aromatic heterocycles. The van der Waals surface area contributed by atoms with Crippen LogP contribution < -0.4 is 5.32 Å². The predicted molar refractivity (Wildman–Crippen MR) is 307 cm³/mol. The monoisotopic (exact) mass is 1170 g/mol. The van der Waals surface area contributed by atoms with Gasteiger partial charge in [-0.3, -0.25) is 9.59 Å². The van der Waals surface area contributed by atoms with Crippen LogP contribution in [0.15, 0.2) is 63.3 Å². The molecule has 1 saturated carbocycles. The van der Waals surface area contributed by atoms with Crippen molar-refractivity contribution >= 4 is 58.4 Å². The van der Waals surface area contributed by atoms with E-state index in [1.807, 2.05) is 20.8 Å². The van der Waals surface area contributed by atoms with Gasteiger partial charge in [0.05, 0.1) is 69.0 Å². The van der Waals surface area contributed by atoms with Gasteiger partial charge in [-0.1, -0.05) is 67.0 Å². The van der Waals surface area contributed by atoms with Crippen LogP contribution in [0.1, 0.15) is 87.0 Å². The Morgan fingerprint density at radius 1 is 0.575 bits per heavy atom. The van der Waals surface area contributed by atoms with Gasteiger partial charge >= 0.3 is 41.8 Å². The van der Waals surface area contributed by atoms with Crippen LogP contribution in [0.4, 0.5) is 0 Å². The molecule has 456 valence electrons. The summed E-state index contributed by atoms with van der Waals surface area (Å²) in [5.74, 6) is -5.19. The lowest BCUT2D eigenvalue weighted by Gasteiger charge is -2.46. The van der Waals surface area contributed by atoms with Crippen molar-refractivity contribution in [2.75, 3.05) is 92.4 Å². The zero-order chi connectivity index (χ0) is 60.6.